The molecule has 0 spiro atoms. The molecule has 0 aromatic heterocycles. The maximum atomic E-state index is 12.4. The summed E-state index contributed by atoms with van der Waals surface area (Å²) in [5, 5.41) is 3.15. The predicted octanol–water partition coefficient (Wildman–Crippen LogP) is 3.54. The molecular weight excluding hydrogens is 364 g/mol. The van der Waals surface area contributed by atoms with E-state index in [1.165, 1.54) is 5.56 Å². The van der Waals surface area contributed by atoms with Crippen molar-refractivity contribution < 1.29 is 14.3 Å². The molecule has 5 heteroatoms. The fraction of sp³-hybridized carbons (Fsp3) is 0.375. The first-order valence-corrected chi connectivity index (χ1v) is 10.1. The summed E-state index contributed by atoms with van der Waals surface area (Å²) in [7, 11) is 3.21. The fourth-order valence-corrected chi connectivity index (χ4v) is 3.69. The average Bonchev–Trinajstić information content (AvgIpc) is 2.77. The molecule has 1 unspecified atom stereocenters. The van der Waals surface area contributed by atoms with Crippen LogP contribution in [0.1, 0.15) is 24.0 Å². The fourth-order valence-electron chi connectivity index (χ4n) is 3.69. The molecule has 1 fully saturated rings. The first-order chi connectivity index (χ1) is 14.2. The minimum absolute atomic E-state index is 0.0605. The lowest BCUT2D eigenvalue weighted by atomic mass is 10.0. The van der Waals surface area contributed by atoms with Crippen molar-refractivity contribution in [2.75, 3.05) is 33.9 Å². The van der Waals surface area contributed by atoms with E-state index in [1.807, 2.05) is 24.3 Å². The van der Waals surface area contributed by atoms with Gasteiger partial charge in [0.25, 0.3) is 0 Å². The average molecular weight is 395 g/mol. The van der Waals surface area contributed by atoms with E-state index < -0.39 is 0 Å². The minimum atomic E-state index is -0.0605. The van der Waals surface area contributed by atoms with Crippen molar-refractivity contribution >= 4 is 12.0 Å². The normalized spacial score (nSPS) is 17.2. The summed E-state index contributed by atoms with van der Waals surface area (Å²) in [6.07, 6.45) is 6.56. The van der Waals surface area contributed by atoms with Crippen molar-refractivity contribution in [2.24, 2.45) is 0 Å². The van der Waals surface area contributed by atoms with Gasteiger partial charge in [-0.1, -0.05) is 36.4 Å². The first-order valence-electron chi connectivity index (χ1n) is 10.1. The van der Waals surface area contributed by atoms with E-state index in [0.717, 1.165) is 44.5 Å². The van der Waals surface area contributed by atoms with Crippen LogP contribution in [0.3, 0.4) is 0 Å². The van der Waals surface area contributed by atoms with Crippen LogP contribution in [0.5, 0.6) is 11.5 Å². The largest absolute Gasteiger partial charge is 0.493 e. The molecule has 3 rings (SSSR count). The summed E-state index contributed by atoms with van der Waals surface area (Å²) in [6, 6.07) is 16.3. The molecular formula is C24H30N2O3. The predicted molar refractivity (Wildman–Crippen MR) is 116 cm³/mol. The number of rotatable bonds is 8. The summed E-state index contributed by atoms with van der Waals surface area (Å²) in [4.78, 5) is 14.8. The third-order valence-electron chi connectivity index (χ3n) is 5.25. The molecule has 5 nitrogen and oxygen atoms in total. The summed E-state index contributed by atoms with van der Waals surface area (Å²) in [6.45, 7) is 3.03. The Bertz CT molecular complexity index is 820. The van der Waals surface area contributed by atoms with Crippen LogP contribution >= 0.6 is 0 Å². The van der Waals surface area contributed by atoms with Crippen LogP contribution in [-0.2, 0) is 11.2 Å². The van der Waals surface area contributed by atoms with Crippen LogP contribution in [0.15, 0.2) is 54.6 Å². The number of likely N-dealkylation sites (tertiary alicyclic amines) is 1. The van der Waals surface area contributed by atoms with Gasteiger partial charge < -0.3 is 19.7 Å². The maximum absolute atomic E-state index is 12.4. The number of carbonyl (C=O) groups is 1. The van der Waals surface area contributed by atoms with Gasteiger partial charge in [0.1, 0.15) is 0 Å². The molecule has 1 saturated heterocycles. The lowest BCUT2D eigenvalue weighted by Gasteiger charge is -2.33. The van der Waals surface area contributed by atoms with E-state index in [1.54, 1.807) is 26.4 Å². The minimum Gasteiger partial charge on any atom is -0.493 e. The number of nitrogens with one attached hydrogen (secondary N) is 1. The highest BCUT2D eigenvalue weighted by molar-refractivity contribution is 5.92. The molecule has 1 aliphatic heterocycles. The number of hydrogen-bond acceptors (Lipinski definition) is 4. The Balaban J connectivity index is 1.49. The number of ether oxygens (including phenoxy) is 2. The highest BCUT2D eigenvalue weighted by Crippen LogP contribution is 2.27. The number of benzene rings is 2. The van der Waals surface area contributed by atoms with Crippen molar-refractivity contribution in [1.82, 2.24) is 10.2 Å². The standard InChI is InChI=1S/C24H30N2O3/c1-28-22-12-10-20(17-23(22)29-2)11-13-24(27)25-21-9-6-15-26(18-21)16-14-19-7-4-3-5-8-19/h3-5,7-8,10-13,17,21H,6,9,14-16,18H2,1-2H3,(H,25,27). The molecule has 0 radical (unpaired) electrons. The van der Waals surface area contributed by atoms with Gasteiger partial charge in [0.15, 0.2) is 11.5 Å². The van der Waals surface area contributed by atoms with E-state index >= 15 is 0 Å². The Hall–Kier alpha value is -2.79. The molecule has 1 atom stereocenters. The second-order valence-corrected chi connectivity index (χ2v) is 7.33. The SMILES string of the molecule is COc1ccc(C=CC(=O)NC2CCCN(CCc3ccccc3)C2)cc1OC. The Morgan fingerprint density at radius 1 is 1.14 bits per heavy atom. The Labute approximate surface area is 173 Å². The Morgan fingerprint density at radius 3 is 2.69 bits per heavy atom. The highest BCUT2D eigenvalue weighted by atomic mass is 16.5. The van der Waals surface area contributed by atoms with E-state index in [-0.39, 0.29) is 11.9 Å². The smallest absolute Gasteiger partial charge is 0.244 e. The van der Waals surface area contributed by atoms with Gasteiger partial charge in [-0.15, -0.1) is 0 Å². The van der Waals surface area contributed by atoms with Gasteiger partial charge >= 0.3 is 0 Å². The van der Waals surface area contributed by atoms with Crippen LogP contribution in [0.25, 0.3) is 6.08 Å². The van der Waals surface area contributed by atoms with Gasteiger partial charge in [0.2, 0.25) is 5.91 Å². The van der Waals surface area contributed by atoms with Crippen LogP contribution < -0.4 is 14.8 Å². The van der Waals surface area contributed by atoms with Crippen molar-refractivity contribution in [3.05, 3.63) is 65.7 Å². The summed E-state index contributed by atoms with van der Waals surface area (Å²) >= 11 is 0. The third kappa shape index (κ3) is 6.36. The van der Waals surface area contributed by atoms with Gasteiger partial charge in [-0.05, 0) is 55.1 Å². The Morgan fingerprint density at radius 2 is 1.93 bits per heavy atom. The first kappa shape index (κ1) is 20.9. The summed E-state index contributed by atoms with van der Waals surface area (Å²) in [5.41, 5.74) is 2.25. The summed E-state index contributed by atoms with van der Waals surface area (Å²) in [5.74, 6) is 1.26. The van der Waals surface area contributed by atoms with Crippen molar-refractivity contribution in [1.29, 1.82) is 0 Å². The number of amides is 1. The molecule has 1 amide bonds. The molecule has 0 saturated carbocycles. The van der Waals surface area contributed by atoms with Crippen LogP contribution in [-0.4, -0.2) is 50.7 Å². The second kappa shape index (κ2) is 10.7. The van der Waals surface area contributed by atoms with Crippen LogP contribution in [0.2, 0.25) is 0 Å². The molecule has 1 heterocycles. The molecule has 1 aliphatic rings. The number of nitrogens with zero attached hydrogens (tertiary/aromatic N) is 1. The molecule has 2 aromatic carbocycles. The molecule has 2 aromatic rings. The van der Waals surface area contributed by atoms with E-state index in [2.05, 4.69) is 34.5 Å². The van der Waals surface area contributed by atoms with Gasteiger partial charge in [-0.3, -0.25) is 4.79 Å². The third-order valence-corrected chi connectivity index (χ3v) is 5.25. The van der Waals surface area contributed by atoms with Crippen molar-refractivity contribution in [3.8, 4) is 11.5 Å². The lowest BCUT2D eigenvalue weighted by molar-refractivity contribution is -0.117. The van der Waals surface area contributed by atoms with Gasteiger partial charge in [0.05, 0.1) is 14.2 Å². The molecule has 0 aliphatic carbocycles. The monoisotopic (exact) mass is 394 g/mol. The van der Waals surface area contributed by atoms with E-state index in [4.69, 9.17) is 9.47 Å². The molecule has 29 heavy (non-hydrogen) atoms. The quantitative estimate of drug-likeness (QED) is 0.696. The van der Waals surface area contributed by atoms with Crippen LogP contribution in [0.4, 0.5) is 0 Å². The number of methoxy groups -OCH3 is 2. The number of piperidine rings is 1. The van der Waals surface area contributed by atoms with Gasteiger partial charge in [0, 0.05) is 25.2 Å². The van der Waals surface area contributed by atoms with Gasteiger partial charge in [-0.25, -0.2) is 0 Å². The summed E-state index contributed by atoms with van der Waals surface area (Å²) < 4.78 is 10.5. The number of carbonyl (C=O) groups excluding carboxylic acids is 1. The van der Waals surface area contributed by atoms with Gasteiger partial charge in [-0.2, -0.15) is 0 Å². The topological polar surface area (TPSA) is 50.8 Å². The molecule has 1 N–H and O–H groups in total. The zero-order valence-corrected chi connectivity index (χ0v) is 17.3. The Kier molecular flexibility index (Phi) is 7.70. The van der Waals surface area contributed by atoms with Crippen molar-refractivity contribution in [3.63, 3.8) is 0 Å². The molecule has 0 bridgehead atoms. The van der Waals surface area contributed by atoms with E-state index in [0.29, 0.717) is 11.5 Å². The molecule has 154 valence electrons. The van der Waals surface area contributed by atoms with Crippen molar-refractivity contribution in [2.45, 2.75) is 25.3 Å². The highest BCUT2D eigenvalue weighted by Gasteiger charge is 2.20. The zero-order valence-electron chi connectivity index (χ0n) is 17.3. The van der Waals surface area contributed by atoms with E-state index in [9.17, 15) is 4.79 Å². The second-order valence-electron chi connectivity index (χ2n) is 7.33. The maximum Gasteiger partial charge on any atom is 0.244 e. The van der Waals surface area contributed by atoms with Crippen LogP contribution in [0, 0.1) is 0 Å². The zero-order chi connectivity index (χ0) is 20.5. The number of hydrogen-bond donors (Lipinski definition) is 1. The lowest BCUT2D eigenvalue weighted by Crippen LogP contribution is -2.47.